The van der Waals surface area contributed by atoms with Gasteiger partial charge in [-0.15, -0.1) is 0 Å². The molecule has 0 spiro atoms. The molecule has 2 heterocycles. The average molecular weight is 439 g/mol. The molecule has 170 valence electrons. The molecule has 0 bridgehead atoms. The molecule has 2 N–H and O–H groups in total. The van der Waals surface area contributed by atoms with Crippen molar-refractivity contribution < 1.29 is 29.2 Å². The Hall–Kier alpha value is -2.99. The van der Waals surface area contributed by atoms with Gasteiger partial charge in [0.1, 0.15) is 34.7 Å². The summed E-state index contributed by atoms with van der Waals surface area (Å²) in [7, 11) is 1.51. The van der Waals surface area contributed by atoms with Gasteiger partial charge in [0.15, 0.2) is 0 Å². The smallest absolute Gasteiger partial charge is 0.204 e. The first-order chi connectivity index (χ1) is 15.0. The topological polar surface area (TPSA) is 85.2 Å². The number of hydrogen-bond donors (Lipinski definition) is 2. The number of aliphatic hydroxyl groups is 1. The lowest BCUT2D eigenvalue weighted by Gasteiger charge is -2.40. The second kappa shape index (κ2) is 7.85. The largest absolute Gasteiger partial charge is 0.507 e. The number of methoxy groups -OCH3 is 1. The number of aromatic hydroxyl groups is 1. The van der Waals surface area contributed by atoms with Gasteiger partial charge >= 0.3 is 0 Å². The molecule has 6 nitrogen and oxygen atoms in total. The molecule has 4 rings (SSSR count). The van der Waals surface area contributed by atoms with Crippen molar-refractivity contribution in [2.45, 2.75) is 52.7 Å². The maximum atomic E-state index is 13.9. The summed E-state index contributed by atoms with van der Waals surface area (Å²) in [5.74, 6) is 0.328. The maximum absolute atomic E-state index is 13.9. The van der Waals surface area contributed by atoms with E-state index in [-0.39, 0.29) is 29.5 Å². The molecule has 0 saturated heterocycles. The van der Waals surface area contributed by atoms with Crippen LogP contribution < -0.4 is 14.2 Å². The van der Waals surface area contributed by atoms with E-state index in [0.29, 0.717) is 34.6 Å². The van der Waals surface area contributed by atoms with Crippen molar-refractivity contribution in [3.05, 3.63) is 57.7 Å². The fraction of sp³-hybridized carbons (Fsp3) is 0.423. The zero-order chi connectivity index (χ0) is 23.4. The number of aryl methyl sites for hydroxylation is 1. The standard InChI is InChI=1S/C26H30O6/c1-13(2)7-8-15-9-10-17-20(22(15)27)23(28)19-18(30-6)11-14(3)24-21(19)25(32-17)16(12-31-24)26(4,5)29/h7,9-11,16,25,27,29H,8,12H2,1-6H3. The van der Waals surface area contributed by atoms with Crippen LogP contribution >= 0.6 is 0 Å². The minimum absolute atomic E-state index is 0.0965. The number of fused-ring (bicyclic) bond motifs is 1. The number of phenols is 1. The molecule has 0 amide bonds. The second-order valence-corrected chi connectivity index (χ2v) is 9.38. The van der Waals surface area contributed by atoms with Crippen LogP contribution in [-0.2, 0) is 6.42 Å². The summed E-state index contributed by atoms with van der Waals surface area (Å²) in [4.78, 5) is 13.9. The molecule has 32 heavy (non-hydrogen) atoms. The average Bonchev–Trinajstić information content (AvgIpc) is 2.84. The van der Waals surface area contributed by atoms with Crippen LogP contribution in [0.5, 0.6) is 23.0 Å². The molecule has 2 aromatic carbocycles. The van der Waals surface area contributed by atoms with Crippen LogP contribution in [0, 0.1) is 12.8 Å². The predicted molar refractivity (Wildman–Crippen MR) is 121 cm³/mol. The Bertz CT molecular complexity index is 1120. The van der Waals surface area contributed by atoms with Crippen LogP contribution in [0.25, 0.3) is 0 Å². The minimum atomic E-state index is -1.13. The summed E-state index contributed by atoms with van der Waals surface area (Å²) < 4.78 is 18.0. The third-order valence-corrected chi connectivity index (χ3v) is 6.31. The molecule has 2 unspecified atom stereocenters. The van der Waals surface area contributed by atoms with Crippen LogP contribution in [-0.4, -0.2) is 35.3 Å². The summed E-state index contributed by atoms with van der Waals surface area (Å²) in [5.41, 5.74) is 2.42. The number of ketones is 1. The van der Waals surface area contributed by atoms with Gasteiger partial charge < -0.3 is 24.4 Å². The molecule has 0 radical (unpaired) electrons. The van der Waals surface area contributed by atoms with E-state index < -0.39 is 17.6 Å². The zero-order valence-corrected chi connectivity index (χ0v) is 19.4. The van der Waals surface area contributed by atoms with E-state index in [1.807, 2.05) is 26.8 Å². The third kappa shape index (κ3) is 3.52. The van der Waals surface area contributed by atoms with Gasteiger partial charge in [0.05, 0.1) is 36.4 Å². The molecule has 2 atom stereocenters. The number of ether oxygens (including phenoxy) is 3. The van der Waals surface area contributed by atoms with Gasteiger partial charge in [-0.05, 0) is 64.3 Å². The van der Waals surface area contributed by atoms with Crippen molar-refractivity contribution in [3.63, 3.8) is 0 Å². The van der Waals surface area contributed by atoms with Gasteiger partial charge in [0.25, 0.3) is 0 Å². The highest BCUT2D eigenvalue weighted by Crippen LogP contribution is 2.52. The van der Waals surface area contributed by atoms with Crippen molar-refractivity contribution in [3.8, 4) is 23.0 Å². The lowest BCUT2D eigenvalue weighted by Crippen LogP contribution is -2.44. The third-order valence-electron chi connectivity index (χ3n) is 6.31. The van der Waals surface area contributed by atoms with E-state index in [9.17, 15) is 15.0 Å². The van der Waals surface area contributed by atoms with Crippen LogP contribution in [0.15, 0.2) is 29.8 Å². The first-order valence-corrected chi connectivity index (χ1v) is 10.8. The molecule has 2 aromatic rings. The highest BCUT2D eigenvalue weighted by atomic mass is 16.5. The first kappa shape index (κ1) is 22.2. The monoisotopic (exact) mass is 438 g/mol. The molecule has 0 aromatic heterocycles. The number of hydrogen-bond acceptors (Lipinski definition) is 6. The van der Waals surface area contributed by atoms with Gasteiger partial charge in [0, 0.05) is 0 Å². The first-order valence-electron chi connectivity index (χ1n) is 10.8. The van der Waals surface area contributed by atoms with Crippen molar-refractivity contribution in [1.82, 2.24) is 0 Å². The Morgan fingerprint density at radius 3 is 2.62 bits per heavy atom. The predicted octanol–water partition coefficient (Wildman–Crippen LogP) is 4.66. The van der Waals surface area contributed by atoms with E-state index in [2.05, 4.69) is 0 Å². The van der Waals surface area contributed by atoms with Crippen LogP contribution in [0.3, 0.4) is 0 Å². The Balaban J connectivity index is 2.00. The van der Waals surface area contributed by atoms with Gasteiger partial charge in [-0.25, -0.2) is 0 Å². The number of allylic oxidation sites excluding steroid dienone is 2. The lowest BCUT2D eigenvalue weighted by molar-refractivity contribution is -0.0677. The molecular weight excluding hydrogens is 408 g/mol. The Kier molecular flexibility index (Phi) is 5.45. The van der Waals surface area contributed by atoms with Crippen molar-refractivity contribution in [1.29, 1.82) is 0 Å². The fourth-order valence-electron chi connectivity index (χ4n) is 4.50. The molecule has 6 heteroatoms. The van der Waals surface area contributed by atoms with Crippen molar-refractivity contribution in [2.75, 3.05) is 13.7 Å². The number of carbonyl (C=O) groups is 1. The molecule has 0 fully saturated rings. The van der Waals surface area contributed by atoms with Gasteiger partial charge in [-0.2, -0.15) is 0 Å². The van der Waals surface area contributed by atoms with Gasteiger partial charge in [-0.1, -0.05) is 17.7 Å². The van der Waals surface area contributed by atoms with Gasteiger partial charge in [-0.3, -0.25) is 4.79 Å². The normalized spacial score (nSPS) is 19.2. The van der Waals surface area contributed by atoms with Crippen LogP contribution in [0.1, 0.15) is 66.4 Å². The molecule has 0 saturated carbocycles. The van der Waals surface area contributed by atoms with E-state index in [1.165, 1.54) is 7.11 Å². The highest BCUT2D eigenvalue weighted by molar-refractivity contribution is 6.16. The molecule has 2 aliphatic heterocycles. The van der Waals surface area contributed by atoms with Crippen LogP contribution in [0.4, 0.5) is 0 Å². The SMILES string of the molecule is COc1cc(C)c2c3c1C(=O)c1c(ccc(CC=C(C)C)c1O)OC3C(C(C)(C)O)CO2. The lowest BCUT2D eigenvalue weighted by atomic mass is 9.79. The Labute approximate surface area is 188 Å². The fourth-order valence-corrected chi connectivity index (χ4v) is 4.50. The molecular formula is C26H30O6. The van der Waals surface area contributed by atoms with Crippen molar-refractivity contribution >= 4 is 5.78 Å². The number of carbonyl (C=O) groups excluding carboxylic acids is 1. The summed E-state index contributed by atoms with van der Waals surface area (Å²) >= 11 is 0. The maximum Gasteiger partial charge on any atom is 0.204 e. The molecule has 0 aliphatic carbocycles. The highest BCUT2D eigenvalue weighted by Gasteiger charge is 2.47. The Morgan fingerprint density at radius 2 is 2.00 bits per heavy atom. The summed E-state index contributed by atoms with van der Waals surface area (Å²) in [6.45, 7) is 9.50. The van der Waals surface area contributed by atoms with E-state index in [0.717, 1.165) is 11.1 Å². The van der Waals surface area contributed by atoms with E-state index in [1.54, 1.807) is 32.0 Å². The minimum Gasteiger partial charge on any atom is -0.507 e. The summed E-state index contributed by atoms with van der Waals surface area (Å²) in [6.07, 6.45) is 1.85. The van der Waals surface area contributed by atoms with Crippen LogP contribution in [0.2, 0.25) is 0 Å². The Morgan fingerprint density at radius 1 is 1.28 bits per heavy atom. The number of phenolic OH excluding ortho intramolecular Hbond substituents is 1. The molecule has 2 aliphatic rings. The number of rotatable bonds is 4. The van der Waals surface area contributed by atoms with E-state index in [4.69, 9.17) is 14.2 Å². The quantitative estimate of drug-likeness (QED) is 0.676. The number of benzene rings is 2. The zero-order valence-electron chi connectivity index (χ0n) is 19.4. The summed E-state index contributed by atoms with van der Waals surface area (Å²) in [5, 5.41) is 22.0. The van der Waals surface area contributed by atoms with Crippen molar-refractivity contribution in [2.24, 2.45) is 5.92 Å². The van der Waals surface area contributed by atoms with Gasteiger partial charge in [0.2, 0.25) is 5.78 Å². The van der Waals surface area contributed by atoms with E-state index >= 15 is 0 Å². The second-order valence-electron chi connectivity index (χ2n) is 9.38. The summed E-state index contributed by atoms with van der Waals surface area (Å²) in [6, 6.07) is 5.27.